The summed E-state index contributed by atoms with van der Waals surface area (Å²) in [4.78, 5) is 0. The van der Waals surface area contributed by atoms with Gasteiger partial charge in [0, 0.05) is 6.42 Å². The van der Waals surface area contributed by atoms with Gasteiger partial charge >= 0.3 is 0 Å². The Hall–Kier alpha value is -1.57. The normalized spacial score (nSPS) is 11.2. The topological polar surface area (TPSA) is 8.81 Å². The highest BCUT2D eigenvalue weighted by atomic mass is 15.1. The SMILES string of the molecule is CCCCCCCCCCCc1n(Cc2ccccc2)cc[n+]1CCCCCC. The minimum atomic E-state index is 0.996. The summed E-state index contributed by atoms with van der Waals surface area (Å²) in [5, 5.41) is 0. The molecule has 0 aliphatic heterocycles. The molecule has 0 atom stereocenters. The van der Waals surface area contributed by atoms with E-state index in [1.54, 1.807) is 0 Å². The Bertz CT molecular complexity index is 629. The van der Waals surface area contributed by atoms with E-state index in [0.717, 1.165) is 6.54 Å². The zero-order valence-corrected chi connectivity index (χ0v) is 19.2. The first-order valence-corrected chi connectivity index (χ1v) is 12.5. The van der Waals surface area contributed by atoms with Crippen molar-refractivity contribution in [2.24, 2.45) is 0 Å². The highest BCUT2D eigenvalue weighted by Crippen LogP contribution is 2.12. The van der Waals surface area contributed by atoms with Gasteiger partial charge in [-0.05, 0) is 24.8 Å². The van der Waals surface area contributed by atoms with E-state index in [9.17, 15) is 0 Å². The molecule has 1 heterocycles. The summed E-state index contributed by atoms with van der Waals surface area (Å²) in [6.45, 7) is 6.76. The van der Waals surface area contributed by atoms with E-state index < -0.39 is 0 Å². The molecule has 0 saturated heterocycles. The van der Waals surface area contributed by atoms with Crippen LogP contribution in [-0.4, -0.2) is 4.57 Å². The molecule has 29 heavy (non-hydrogen) atoms. The molecule has 0 amide bonds. The van der Waals surface area contributed by atoms with Crippen LogP contribution in [0.3, 0.4) is 0 Å². The van der Waals surface area contributed by atoms with Gasteiger partial charge in [-0.3, -0.25) is 0 Å². The van der Waals surface area contributed by atoms with E-state index in [1.165, 1.54) is 108 Å². The van der Waals surface area contributed by atoms with E-state index in [4.69, 9.17) is 0 Å². The van der Waals surface area contributed by atoms with Gasteiger partial charge in [0.15, 0.2) is 0 Å². The summed E-state index contributed by atoms with van der Waals surface area (Å²) in [7, 11) is 0. The Morgan fingerprint density at radius 3 is 1.93 bits per heavy atom. The predicted molar refractivity (Wildman–Crippen MR) is 125 cm³/mol. The molecule has 0 aliphatic rings. The fourth-order valence-electron chi connectivity index (χ4n) is 4.22. The van der Waals surface area contributed by atoms with Gasteiger partial charge in [0.2, 0.25) is 0 Å². The summed E-state index contributed by atoms with van der Waals surface area (Å²) in [5.74, 6) is 1.52. The second-order valence-corrected chi connectivity index (χ2v) is 8.66. The number of hydrogen-bond donors (Lipinski definition) is 0. The Morgan fingerprint density at radius 2 is 1.28 bits per heavy atom. The molecular formula is C27H45N2+. The molecule has 2 heteroatoms. The van der Waals surface area contributed by atoms with Crippen molar-refractivity contribution < 1.29 is 4.57 Å². The lowest BCUT2D eigenvalue weighted by Crippen LogP contribution is -2.37. The zero-order chi connectivity index (χ0) is 20.6. The molecule has 0 bridgehead atoms. The lowest BCUT2D eigenvalue weighted by Gasteiger charge is -2.07. The van der Waals surface area contributed by atoms with Gasteiger partial charge in [0.05, 0.1) is 6.54 Å². The minimum Gasteiger partial charge on any atom is -0.234 e. The maximum absolute atomic E-state index is 2.53. The molecule has 2 aromatic rings. The molecule has 2 rings (SSSR count). The second kappa shape index (κ2) is 15.3. The first-order valence-electron chi connectivity index (χ1n) is 12.5. The van der Waals surface area contributed by atoms with Gasteiger partial charge in [-0.1, -0.05) is 108 Å². The largest absolute Gasteiger partial charge is 0.256 e. The van der Waals surface area contributed by atoms with Crippen LogP contribution in [0.1, 0.15) is 109 Å². The van der Waals surface area contributed by atoms with Crippen LogP contribution in [0.2, 0.25) is 0 Å². The molecule has 0 radical (unpaired) electrons. The number of benzene rings is 1. The number of rotatable bonds is 17. The number of aryl methyl sites for hydroxylation is 1. The third-order valence-corrected chi connectivity index (χ3v) is 6.04. The average molecular weight is 398 g/mol. The van der Waals surface area contributed by atoms with Crippen molar-refractivity contribution >= 4 is 0 Å². The summed E-state index contributed by atoms with van der Waals surface area (Å²) in [5.41, 5.74) is 1.40. The lowest BCUT2D eigenvalue weighted by atomic mass is 10.1. The highest BCUT2D eigenvalue weighted by molar-refractivity contribution is 5.15. The van der Waals surface area contributed by atoms with Crippen molar-refractivity contribution in [3.63, 3.8) is 0 Å². The Labute approximate surface area is 180 Å². The highest BCUT2D eigenvalue weighted by Gasteiger charge is 2.16. The number of imidazole rings is 1. The molecule has 1 aromatic carbocycles. The molecule has 0 saturated carbocycles. The van der Waals surface area contributed by atoms with E-state index in [1.807, 2.05) is 0 Å². The monoisotopic (exact) mass is 397 g/mol. The third-order valence-electron chi connectivity index (χ3n) is 6.04. The van der Waals surface area contributed by atoms with Crippen molar-refractivity contribution in [2.75, 3.05) is 0 Å². The van der Waals surface area contributed by atoms with Gasteiger partial charge in [-0.25, -0.2) is 9.13 Å². The van der Waals surface area contributed by atoms with Crippen LogP contribution in [0.25, 0.3) is 0 Å². The maximum atomic E-state index is 2.53. The fraction of sp³-hybridized carbons (Fsp3) is 0.667. The van der Waals surface area contributed by atoms with E-state index in [2.05, 4.69) is 65.7 Å². The van der Waals surface area contributed by atoms with Crippen LogP contribution in [0.5, 0.6) is 0 Å². The Kier molecular flexibility index (Phi) is 12.5. The molecule has 162 valence electrons. The standard InChI is InChI=1S/C27H45N2/c1-3-5-7-9-10-11-12-13-17-21-27-28(22-18-8-6-4-2)23-24-29(27)25-26-19-15-14-16-20-26/h14-16,19-20,23-24H,3-13,17-18,21-22,25H2,1-2H3/q+1. The lowest BCUT2D eigenvalue weighted by molar-refractivity contribution is -0.704. The quantitative estimate of drug-likeness (QED) is 0.193. The smallest absolute Gasteiger partial charge is 0.234 e. The first-order chi connectivity index (χ1) is 14.3. The van der Waals surface area contributed by atoms with Gasteiger partial charge in [-0.2, -0.15) is 0 Å². The maximum Gasteiger partial charge on any atom is 0.256 e. The number of hydrogen-bond acceptors (Lipinski definition) is 0. The summed E-state index contributed by atoms with van der Waals surface area (Å²) in [6, 6.07) is 10.9. The Morgan fingerprint density at radius 1 is 0.690 bits per heavy atom. The minimum absolute atomic E-state index is 0.996. The molecule has 0 spiro atoms. The van der Waals surface area contributed by atoms with Gasteiger partial charge < -0.3 is 0 Å². The predicted octanol–water partition coefficient (Wildman–Crippen LogP) is 7.48. The number of aromatic nitrogens is 2. The van der Waals surface area contributed by atoms with Crippen LogP contribution < -0.4 is 4.57 Å². The summed E-state index contributed by atoms with van der Waals surface area (Å²) in [6.07, 6.45) is 23.7. The van der Waals surface area contributed by atoms with Crippen molar-refractivity contribution in [3.8, 4) is 0 Å². The van der Waals surface area contributed by atoms with Crippen LogP contribution in [0.15, 0.2) is 42.7 Å². The molecule has 0 unspecified atom stereocenters. The van der Waals surface area contributed by atoms with Gasteiger partial charge in [0.25, 0.3) is 5.82 Å². The van der Waals surface area contributed by atoms with E-state index >= 15 is 0 Å². The van der Waals surface area contributed by atoms with Crippen LogP contribution >= 0.6 is 0 Å². The van der Waals surface area contributed by atoms with Crippen LogP contribution in [0, 0.1) is 0 Å². The van der Waals surface area contributed by atoms with Gasteiger partial charge in [-0.15, -0.1) is 0 Å². The molecule has 0 N–H and O–H groups in total. The Balaban J connectivity index is 1.82. The average Bonchev–Trinajstić information content (AvgIpc) is 3.12. The van der Waals surface area contributed by atoms with Crippen molar-refractivity contribution in [3.05, 3.63) is 54.1 Å². The molecule has 2 nitrogen and oxygen atoms in total. The molecule has 0 fully saturated rings. The molecule has 0 aliphatic carbocycles. The van der Waals surface area contributed by atoms with Crippen LogP contribution in [0.4, 0.5) is 0 Å². The second-order valence-electron chi connectivity index (χ2n) is 8.66. The zero-order valence-electron chi connectivity index (χ0n) is 19.2. The van der Waals surface area contributed by atoms with Crippen LogP contribution in [-0.2, 0) is 19.5 Å². The molecule has 1 aromatic heterocycles. The number of nitrogens with zero attached hydrogens (tertiary/aromatic N) is 2. The van der Waals surface area contributed by atoms with E-state index in [0.29, 0.717) is 0 Å². The summed E-state index contributed by atoms with van der Waals surface area (Å²) < 4.78 is 5.02. The van der Waals surface area contributed by atoms with E-state index in [-0.39, 0.29) is 0 Å². The fourth-order valence-corrected chi connectivity index (χ4v) is 4.22. The van der Waals surface area contributed by atoms with Crippen molar-refractivity contribution in [1.29, 1.82) is 0 Å². The number of unbranched alkanes of at least 4 members (excludes halogenated alkanes) is 11. The summed E-state index contributed by atoms with van der Waals surface area (Å²) >= 11 is 0. The van der Waals surface area contributed by atoms with Crippen molar-refractivity contribution in [2.45, 2.75) is 117 Å². The third kappa shape index (κ3) is 9.65. The molecular weight excluding hydrogens is 352 g/mol. The van der Waals surface area contributed by atoms with Crippen molar-refractivity contribution in [1.82, 2.24) is 4.57 Å². The van der Waals surface area contributed by atoms with Gasteiger partial charge in [0.1, 0.15) is 18.9 Å². The first kappa shape index (κ1) is 23.7.